The highest BCUT2D eigenvalue weighted by Crippen LogP contribution is 2.33. The van der Waals surface area contributed by atoms with Crippen LogP contribution in [0.1, 0.15) is 37.3 Å². The standard InChI is InChI=1S/C19H29N3O2/c1-14-3-5-16(6-4-14)12-21(9-10-23)19(24)20-17-11-15(2)22(13-17)18-7-8-18/h3-6,15,17-18,23H,7-13H2,1-2H3,(H,20,24). The van der Waals surface area contributed by atoms with E-state index in [1.807, 2.05) is 12.1 Å². The summed E-state index contributed by atoms with van der Waals surface area (Å²) in [5, 5.41) is 12.5. The van der Waals surface area contributed by atoms with E-state index in [2.05, 4.69) is 36.2 Å². The molecule has 0 spiro atoms. The molecule has 1 aliphatic carbocycles. The summed E-state index contributed by atoms with van der Waals surface area (Å²) in [5.74, 6) is 0. The van der Waals surface area contributed by atoms with Gasteiger partial charge in [0, 0.05) is 37.8 Å². The Labute approximate surface area is 144 Å². The Balaban J connectivity index is 1.56. The van der Waals surface area contributed by atoms with Crippen molar-refractivity contribution in [3.8, 4) is 0 Å². The summed E-state index contributed by atoms with van der Waals surface area (Å²) in [6.07, 6.45) is 3.61. The zero-order chi connectivity index (χ0) is 17.1. The lowest BCUT2D eigenvalue weighted by Gasteiger charge is -2.25. The van der Waals surface area contributed by atoms with Gasteiger partial charge in [-0.2, -0.15) is 0 Å². The molecule has 1 saturated heterocycles. The maximum absolute atomic E-state index is 12.6. The summed E-state index contributed by atoms with van der Waals surface area (Å²) in [5.41, 5.74) is 2.29. The van der Waals surface area contributed by atoms with Crippen LogP contribution in [0.25, 0.3) is 0 Å². The molecule has 0 aromatic heterocycles. The van der Waals surface area contributed by atoms with Gasteiger partial charge in [-0.25, -0.2) is 4.79 Å². The minimum atomic E-state index is -0.0699. The van der Waals surface area contributed by atoms with Gasteiger partial charge in [-0.1, -0.05) is 29.8 Å². The third-order valence-corrected chi connectivity index (χ3v) is 5.12. The normalized spacial score (nSPS) is 24.1. The Morgan fingerprint density at radius 3 is 2.67 bits per heavy atom. The number of carbonyl (C=O) groups is 1. The van der Waals surface area contributed by atoms with Gasteiger partial charge >= 0.3 is 6.03 Å². The molecule has 5 nitrogen and oxygen atoms in total. The second-order valence-corrected chi connectivity index (χ2v) is 7.29. The second kappa shape index (κ2) is 7.53. The average Bonchev–Trinajstić information content (AvgIpc) is 3.33. The first-order chi connectivity index (χ1) is 11.6. The number of aliphatic hydroxyl groups excluding tert-OH is 1. The minimum Gasteiger partial charge on any atom is -0.395 e. The van der Waals surface area contributed by atoms with Crippen LogP contribution in [0.3, 0.4) is 0 Å². The van der Waals surface area contributed by atoms with E-state index in [1.165, 1.54) is 18.4 Å². The van der Waals surface area contributed by atoms with Gasteiger partial charge in [-0.15, -0.1) is 0 Å². The van der Waals surface area contributed by atoms with Crippen molar-refractivity contribution in [2.75, 3.05) is 19.7 Å². The summed E-state index contributed by atoms with van der Waals surface area (Å²) in [7, 11) is 0. The highest BCUT2D eigenvalue weighted by Gasteiger charge is 2.39. The number of likely N-dealkylation sites (tertiary alicyclic amines) is 1. The molecule has 2 N–H and O–H groups in total. The number of aliphatic hydroxyl groups is 1. The average molecular weight is 331 g/mol. The molecule has 2 atom stereocenters. The van der Waals surface area contributed by atoms with Crippen LogP contribution in [0.4, 0.5) is 4.79 Å². The molecule has 2 aliphatic rings. The number of amides is 2. The summed E-state index contributed by atoms with van der Waals surface area (Å²) in [6, 6.07) is 9.62. The molecule has 1 aromatic carbocycles. The lowest BCUT2D eigenvalue weighted by Crippen LogP contribution is -2.46. The topological polar surface area (TPSA) is 55.8 Å². The molecule has 5 heteroatoms. The van der Waals surface area contributed by atoms with Gasteiger partial charge in [0.2, 0.25) is 0 Å². The van der Waals surface area contributed by atoms with Crippen LogP contribution in [0.5, 0.6) is 0 Å². The van der Waals surface area contributed by atoms with E-state index >= 15 is 0 Å². The smallest absolute Gasteiger partial charge is 0.318 e. The number of urea groups is 1. The molecule has 2 amide bonds. The number of rotatable bonds is 6. The monoisotopic (exact) mass is 331 g/mol. The van der Waals surface area contributed by atoms with Crippen molar-refractivity contribution in [3.05, 3.63) is 35.4 Å². The van der Waals surface area contributed by atoms with E-state index in [0.29, 0.717) is 19.1 Å². The Morgan fingerprint density at radius 2 is 2.04 bits per heavy atom. The molecular weight excluding hydrogens is 302 g/mol. The highest BCUT2D eigenvalue weighted by molar-refractivity contribution is 5.74. The Bertz CT molecular complexity index is 556. The van der Waals surface area contributed by atoms with Crippen molar-refractivity contribution >= 4 is 6.03 Å². The van der Waals surface area contributed by atoms with Gasteiger partial charge < -0.3 is 15.3 Å². The lowest BCUT2D eigenvalue weighted by molar-refractivity contribution is 0.170. The fourth-order valence-electron chi connectivity index (χ4n) is 3.63. The van der Waals surface area contributed by atoms with Crippen LogP contribution in [0, 0.1) is 6.92 Å². The zero-order valence-corrected chi connectivity index (χ0v) is 14.7. The highest BCUT2D eigenvalue weighted by atomic mass is 16.3. The van der Waals surface area contributed by atoms with E-state index in [1.54, 1.807) is 4.90 Å². The van der Waals surface area contributed by atoms with Crippen molar-refractivity contribution in [2.45, 2.75) is 57.8 Å². The summed E-state index contributed by atoms with van der Waals surface area (Å²) in [4.78, 5) is 16.9. The molecule has 0 bridgehead atoms. The molecular formula is C19H29N3O2. The Hall–Kier alpha value is -1.59. The molecule has 3 rings (SSSR count). The largest absolute Gasteiger partial charge is 0.395 e. The predicted octanol–water partition coefficient (Wildman–Crippen LogP) is 2.12. The number of hydrogen-bond donors (Lipinski definition) is 2. The van der Waals surface area contributed by atoms with Crippen molar-refractivity contribution in [1.29, 1.82) is 0 Å². The SMILES string of the molecule is Cc1ccc(CN(CCO)C(=O)NC2CC(C)N(C3CC3)C2)cc1. The Morgan fingerprint density at radius 1 is 1.33 bits per heavy atom. The van der Waals surface area contributed by atoms with Crippen LogP contribution in [-0.2, 0) is 6.54 Å². The molecule has 1 heterocycles. The van der Waals surface area contributed by atoms with Gasteiger partial charge in [-0.05, 0) is 38.7 Å². The van der Waals surface area contributed by atoms with E-state index in [-0.39, 0.29) is 18.7 Å². The van der Waals surface area contributed by atoms with Gasteiger partial charge in [0.05, 0.1) is 6.61 Å². The van der Waals surface area contributed by atoms with Gasteiger partial charge in [0.1, 0.15) is 0 Å². The number of carbonyl (C=O) groups excluding carboxylic acids is 1. The van der Waals surface area contributed by atoms with E-state index in [9.17, 15) is 9.90 Å². The Kier molecular flexibility index (Phi) is 5.41. The predicted molar refractivity (Wildman–Crippen MR) is 94.8 cm³/mol. The van der Waals surface area contributed by atoms with E-state index in [0.717, 1.165) is 24.6 Å². The third kappa shape index (κ3) is 4.28. The fourth-order valence-corrected chi connectivity index (χ4v) is 3.63. The van der Waals surface area contributed by atoms with Crippen molar-refractivity contribution < 1.29 is 9.90 Å². The molecule has 1 aliphatic heterocycles. The lowest BCUT2D eigenvalue weighted by atomic mass is 10.1. The number of nitrogens with one attached hydrogen (secondary N) is 1. The van der Waals surface area contributed by atoms with Crippen LogP contribution in [0.2, 0.25) is 0 Å². The number of aryl methyl sites for hydroxylation is 1. The van der Waals surface area contributed by atoms with Gasteiger partial charge in [0.25, 0.3) is 0 Å². The number of nitrogens with zero attached hydrogens (tertiary/aromatic N) is 2. The quantitative estimate of drug-likeness (QED) is 0.839. The molecule has 1 aromatic rings. The molecule has 1 saturated carbocycles. The van der Waals surface area contributed by atoms with Crippen LogP contribution >= 0.6 is 0 Å². The molecule has 2 unspecified atom stereocenters. The first-order valence-corrected chi connectivity index (χ1v) is 9.04. The maximum Gasteiger partial charge on any atom is 0.318 e. The van der Waals surface area contributed by atoms with E-state index in [4.69, 9.17) is 0 Å². The van der Waals surface area contributed by atoms with Crippen molar-refractivity contribution in [1.82, 2.24) is 15.1 Å². The maximum atomic E-state index is 12.6. The van der Waals surface area contributed by atoms with Crippen LogP contribution in [0.15, 0.2) is 24.3 Å². The second-order valence-electron chi connectivity index (χ2n) is 7.29. The van der Waals surface area contributed by atoms with Gasteiger partial charge in [0.15, 0.2) is 0 Å². The first kappa shape index (κ1) is 17.2. The van der Waals surface area contributed by atoms with Crippen LogP contribution in [-0.4, -0.2) is 58.8 Å². The molecule has 24 heavy (non-hydrogen) atoms. The summed E-state index contributed by atoms with van der Waals surface area (Å²) < 4.78 is 0. The van der Waals surface area contributed by atoms with Crippen molar-refractivity contribution in [2.24, 2.45) is 0 Å². The number of benzene rings is 1. The summed E-state index contributed by atoms with van der Waals surface area (Å²) >= 11 is 0. The zero-order valence-electron chi connectivity index (χ0n) is 14.7. The summed E-state index contributed by atoms with van der Waals surface area (Å²) in [6.45, 7) is 6.12. The van der Waals surface area contributed by atoms with Crippen molar-refractivity contribution in [3.63, 3.8) is 0 Å². The molecule has 2 fully saturated rings. The number of hydrogen-bond acceptors (Lipinski definition) is 3. The molecule has 0 radical (unpaired) electrons. The van der Waals surface area contributed by atoms with E-state index < -0.39 is 0 Å². The van der Waals surface area contributed by atoms with Crippen LogP contribution < -0.4 is 5.32 Å². The molecule has 132 valence electrons. The minimum absolute atomic E-state index is 0.0193. The van der Waals surface area contributed by atoms with Gasteiger partial charge in [-0.3, -0.25) is 4.90 Å². The third-order valence-electron chi connectivity index (χ3n) is 5.12. The first-order valence-electron chi connectivity index (χ1n) is 9.04. The fraction of sp³-hybridized carbons (Fsp3) is 0.632.